The SMILES string of the molecule is Cn1ccc(C(=O)NC2CCCC(C(=O)O)C2)n1. The first-order valence-electron chi connectivity index (χ1n) is 6.09. The molecule has 2 unspecified atom stereocenters. The lowest BCUT2D eigenvalue weighted by molar-refractivity contribution is -0.143. The van der Waals surface area contributed by atoms with Crippen molar-refractivity contribution in [2.75, 3.05) is 0 Å². The second kappa shape index (κ2) is 5.20. The van der Waals surface area contributed by atoms with Crippen LogP contribution in [0.4, 0.5) is 0 Å². The Hall–Kier alpha value is -1.85. The van der Waals surface area contributed by atoms with Crippen molar-refractivity contribution in [1.29, 1.82) is 0 Å². The summed E-state index contributed by atoms with van der Waals surface area (Å²) in [6.45, 7) is 0. The summed E-state index contributed by atoms with van der Waals surface area (Å²) in [5, 5.41) is 15.9. The van der Waals surface area contributed by atoms with Gasteiger partial charge in [-0.2, -0.15) is 5.10 Å². The quantitative estimate of drug-likeness (QED) is 0.832. The van der Waals surface area contributed by atoms with E-state index in [4.69, 9.17) is 5.11 Å². The summed E-state index contributed by atoms with van der Waals surface area (Å²) >= 11 is 0. The highest BCUT2D eigenvalue weighted by Gasteiger charge is 2.28. The summed E-state index contributed by atoms with van der Waals surface area (Å²) < 4.78 is 1.57. The van der Waals surface area contributed by atoms with Crippen molar-refractivity contribution in [3.05, 3.63) is 18.0 Å². The van der Waals surface area contributed by atoms with Crippen LogP contribution in [-0.4, -0.2) is 32.8 Å². The van der Waals surface area contributed by atoms with Crippen LogP contribution in [-0.2, 0) is 11.8 Å². The first-order valence-corrected chi connectivity index (χ1v) is 6.09. The maximum atomic E-state index is 11.9. The summed E-state index contributed by atoms with van der Waals surface area (Å²) in [6, 6.07) is 1.58. The predicted molar refractivity (Wildman–Crippen MR) is 64.1 cm³/mol. The van der Waals surface area contributed by atoms with E-state index in [2.05, 4.69) is 10.4 Å². The zero-order valence-electron chi connectivity index (χ0n) is 10.3. The zero-order chi connectivity index (χ0) is 13.1. The van der Waals surface area contributed by atoms with E-state index in [9.17, 15) is 9.59 Å². The molecule has 0 saturated heterocycles. The molecule has 1 amide bonds. The number of amides is 1. The maximum absolute atomic E-state index is 11.9. The number of nitrogens with zero attached hydrogens (tertiary/aromatic N) is 2. The van der Waals surface area contributed by atoms with Gasteiger partial charge in [0, 0.05) is 19.3 Å². The topological polar surface area (TPSA) is 84.2 Å². The van der Waals surface area contributed by atoms with Gasteiger partial charge in [0.1, 0.15) is 5.69 Å². The number of rotatable bonds is 3. The highest BCUT2D eigenvalue weighted by molar-refractivity contribution is 5.92. The van der Waals surface area contributed by atoms with E-state index in [1.807, 2.05) is 0 Å². The standard InChI is InChI=1S/C12H17N3O3/c1-15-6-5-10(14-15)11(16)13-9-4-2-3-8(7-9)12(17)18/h5-6,8-9H,2-4,7H2,1H3,(H,13,16)(H,17,18). The Morgan fingerprint density at radius 1 is 1.50 bits per heavy atom. The van der Waals surface area contributed by atoms with Crippen LogP contribution in [0.25, 0.3) is 0 Å². The molecule has 2 N–H and O–H groups in total. The maximum Gasteiger partial charge on any atom is 0.306 e. The molecule has 1 aliphatic carbocycles. The number of aromatic nitrogens is 2. The average molecular weight is 251 g/mol. The van der Waals surface area contributed by atoms with Crippen molar-refractivity contribution in [3.8, 4) is 0 Å². The summed E-state index contributed by atoms with van der Waals surface area (Å²) in [4.78, 5) is 22.8. The molecule has 1 aromatic heterocycles. The average Bonchev–Trinajstić information content (AvgIpc) is 2.76. The van der Waals surface area contributed by atoms with Gasteiger partial charge in [0.2, 0.25) is 0 Å². The van der Waals surface area contributed by atoms with Crippen molar-refractivity contribution in [3.63, 3.8) is 0 Å². The number of aliphatic carboxylic acids is 1. The third-order valence-corrected chi connectivity index (χ3v) is 3.30. The van der Waals surface area contributed by atoms with Crippen molar-refractivity contribution < 1.29 is 14.7 Å². The smallest absolute Gasteiger partial charge is 0.306 e. The number of hydrogen-bond acceptors (Lipinski definition) is 3. The van der Waals surface area contributed by atoms with Crippen molar-refractivity contribution in [2.45, 2.75) is 31.7 Å². The molecule has 2 atom stereocenters. The van der Waals surface area contributed by atoms with Crippen LogP contribution >= 0.6 is 0 Å². The molecule has 18 heavy (non-hydrogen) atoms. The predicted octanol–water partition coefficient (Wildman–Crippen LogP) is 0.793. The van der Waals surface area contributed by atoms with E-state index in [0.29, 0.717) is 18.5 Å². The fourth-order valence-electron chi connectivity index (χ4n) is 2.34. The minimum Gasteiger partial charge on any atom is -0.481 e. The van der Waals surface area contributed by atoms with E-state index >= 15 is 0 Å². The molecule has 98 valence electrons. The van der Waals surface area contributed by atoms with Gasteiger partial charge in [-0.1, -0.05) is 6.42 Å². The third kappa shape index (κ3) is 2.88. The molecule has 0 aromatic carbocycles. The van der Waals surface area contributed by atoms with Crippen LogP contribution in [0, 0.1) is 5.92 Å². The number of aryl methyl sites for hydroxylation is 1. The fourth-order valence-corrected chi connectivity index (χ4v) is 2.34. The van der Waals surface area contributed by atoms with E-state index < -0.39 is 5.97 Å². The fraction of sp³-hybridized carbons (Fsp3) is 0.583. The van der Waals surface area contributed by atoms with Gasteiger partial charge in [-0.25, -0.2) is 0 Å². The summed E-state index contributed by atoms with van der Waals surface area (Å²) in [5.74, 6) is -1.34. The highest BCUT2D eigenvalue weighted by atomic mass is 16.4. The number of nitrogens with one attached hydrogen (secondary N) is 1. The molecule has 0 bridgehead atoms. The summed E-state index contributed by atoms with van der Waals surface area (Å²) in [6.07, 6.45) is 4.58. The van der Waals surface area contributed by atoms with Crippen LogP contribution in [0.1, 0.15) is 36.2 Å². The number of carboxylic acid groups (broad SMARTS) is 1. The van der Waals surface area contributed by atoms with Crippen molar-refractivity contribution in [2.24, 2.45) is 13.0 Å². The molecule has 1 heterocycles. The van der Waals surface area contributed by atoms with E-state index in [0.717, 1.165) is 12.8 Å². The van der Waals surface area contributed by atoms with Crippen molar-refractivity contribution >= 4 is 11.9 Å². The second-order valence-corrected chi connectivity index (χ2v) is 4.75. The Morgan fingerprint density at radius 3 is 2.89 bits per heavy atom. The normalized spacial score (nSPS) is 23.6. The molecule has 0 radical (unpaired) electrons. The Bertz CT molecular complexity index is 455. The third-order valence-electron chi connectivity index (χ3n) is 3.30. The number of carbonyl (C=O) groups excluding carboxylic acids is 1. The molecule has 0 aliphatic heterocycles. The van der Waals surface area contributed by atoms with Crippen LogP contribution in [0.3, 0.4) is 0 Å². The lowest BCUT2D eigenvalue weighted by Gasteiger charge is -2.27. The van der Waals surface area contributed by atoms with E-state index in [1.165, 1.54) is 0 Å². The van der Waals surface area contributed by atoms with Crippen LogP contribution in [0.2, 0.25) is 0 Å². The molecule has 2 rings (SSSR count). The Labute approximate surface area is 105 Å². The van der Waals surface area contributed by atoms with Gasteiger partial charge in [-0.05, 0) is 25.3 Å². The molecule has 1 fully saturated rings. The Morgan fingerprint density at radius 2 is 2.28 bits per heavy atom. The summed E-state index contributed by atoms with van der Waals surface area (Å²) in [5.41, 5.74) is 0.370. The minimum atomic E-state index is -0.771. The number of carbonyl (C=O) groups is 2. The monoisotopic (exact) mass is 251 g/mol. The van der Waals surface area contributed by atoms with Gasteiger partial charge in [-0.15, -0.1) is 0 Å². The number of carboxylic acids is 1. The van der Waals surface area contributed by atoms with Gasteiger partial charge in [-0.3, -0.25) is 14.3 Å². The van der Waals surface area contributed by atoms with Gasteiger partial charge >= 0.3 is 5.97 Å². The molecular formula is C12H17N3O3. The van der Waals surface area contributed by atoms with Gasteiger partial charge in [0.25, 0.3) is 5.91 Å². The molecule has 1 aromatic rings. The van der Waals surface area contributed by atoms with Gasteiger partial charge in [0.05, 0.1) is 5.92 Å². The highest BCUT2D eigenvalue weighted by Crippen LogP contribution is 2.24. The van der Waals surface area contributed by atoms with Gasteiger partial charge < -0.3 is 10.4 Å². The summed E-state index contributed by atoms with van der Waals surface area (Å²) in [7, 11) is 1.75. The zero-order valence-corrected chi connectivity index (χ0v) is 10.3. The first-order chi connectivity index (χ1) is 8.56. The number of hydrogen-bond donors (Lipinski definition) is 2. The minimum absolute atomic E-state index is 0.0608. The lowest BCUT2D eigenvalue weighted by Crippen LogP contribution is -2.40. The molecule has 6 nitrogen and oxygen atoms in total. The Balaban J connectivity index is 1.93. The van der Waals surface area contributed by atoms with Crippen LogP contribution in [0.5, 0.6) is 0 Å². The van der Waals surface area contributed by atoms with E-state index in [1.54, 1.807) is 24.0 Å². The molecule has 6 heteroatoms. The molecule has 0 spiro atoms. The molecule has 1 aliphatic rings. The molecular weight excluding hydrogens is 234 g/mol. The van der Waals surface area contributed by atoms with E-state index in [-0.39, 0.29) is 17.9 Å². The lowest BCUT2D eigenvalue weighted by atomic mass is 9.86. The first kappa shape index (κ1) is 12.6. The van der Waals surface area contributed by atoms with Crippen LogP contribution in [0.15, 0.2) is 12.3 Å². The largest absolute Gasteiger partial charge is 0.481 e. The van der Waals surface area contributed by atoms with Crippen molar-refractivity contribution in [1.82, 2.24) is 15.1 Å². The second-order valence-electron chi connectivity index (χ2n) is 4.75. The van der Waals surface area contributed by atoms with Gasteiger partial charge in [0.15, 0.2) is 0 Å². The molecule has 1 saturated carbocycles. The van der Waals surface area contributed by atoms with Crippen LogP contribution < -0.4 is 5.32 Å². The Kier molecular flexibility index (Phi) is 3.64.